The third-order valence-electron chi connectivity index (χ3n) is 6.53. The summed E-state index contributed by atoms with van der Waals surface area (Å²) in [6.45, 7) is 2.14. The van der Waals surface area contributed by atoms with E-state index in [9.17, 15) is 18.0 Å². The van der Waals surface area contributed by atoms with E-state index in [1.54, 1.807) is 49.7 Å². The molecule has 9 heteroatoms. The smallest absolute Gasteiger partial charge is 0.344 e. The van der Waals surface area contributed by atoms with Crippen LogP contribution in [0.1, 0.15) is 30.9 Å². The maximum Gasteiger partial charge on any atom is 0.344 e. The average molecular weight is 493 g/mol. The van der Waals surface area contributed by atoms with Crippen molar-refractivity contribution in [1.82, 2.24) is 4.98 Å². The molecule has 1 saturated carbocycles. The minimum absolute atomic E-state index is 0.0998. The van der Waals surface area contributed by atoms with Gasteiger partial charge in [0.2, 0.25) is 10.0 Å². The number of aromatic amines is 1. The first-order valence-electron chi connectivity index (χ1n) is 11.1. The Morgan fingerprint density at radius 3 is 2.51 bits per heavy atom. The molecular formula is C26H24N2O6S. The number of primary sulfonamides is 1. The largest absolute Gasteiger partial charge is 0.496 e. The second-order valence-electron chi connectivity index (χ2n) is 9.21. The van der Waals surface area contributed by atoms with Gasteiger partial charge in [-0.15, -0.1) is 0 Å². The van der Waals surface area contributed by atoms with Gasteiger partial charge in [0.05, 0.1) is 23.8 Å². The molecule has 3 N–H and O–H groups in total. The summed E-state index contributed by atoms with van der Waals surface area (Å²) in [7, 11) is -2.17. The SMILES string of the molecule is COc1c(-c2cc3ccc(CS(N)(=O)=O)cc3c(=O)o2)cc(-c2ccc[nH]c2=O)cc1C1(C)CC1. The van der Waals surface area contributed by atoms with Crippen LogP contribution in [0.4, 0.5) is 0 Å². The van der Waals surface area contributed by atoms with Gasteiger partial charge in [0.1, 0.15) is 11.5 Å². The summed E-state index contributed by atoms with van der Waals surface area (Å²) in [5.41, 5.74) is 2.15. The maximum atomic E-state index is 13.0. The minimum Gasteiger partial charge on any atom is -0.496 e. The highest BCUT2D eigenvalue weighted by atomic mass is 32.2. The second-order valence-corrected chi connectivity index (χ2v) is 10.8. The number of hydrogen-bond acceptors (Lipinski definition) is 6. The summed E-state index contributed by atoms with van der Waals surface area (Å²) in [5, 5.41) is 5.97. The van der Waals surface area contributed by atoms with Gasteiger partial charge in [0.25, 0.3) is 5.56 Å². The maximum absolute atomic E-state index is 13.0. The lowest BCUT2D eigenvalue weighted by Gasteiger charge is -2.19. The van der Waals surface area contributed by atoms with Crippen molar-refractivity contribution in [1.29, 1.82) is 0 Å². The fourth-order valence-corrected chi connectivity index (χ4v) is 5.07. The zero-order chi connectivity index (χ0) is 25.0. The van der Waals surface area contributed by atoms with Gasteiger partial charge in [-0.3, -0.25) is 4.79 Å². The molecule has 2 heterocycles. The van der Waals surface area contributed by atoms with Gasteiger partial charge in [-0.25, -0.2) is 18.4 Å². The van der Waals surface area contributed by atoms with Crippen LogP contribution < -0.4 is 21.1 Å². The molecule has 1 aliphatic rings. The number of benzene rings is 2. The van der Waals surface area contributed by atoms with Crippen molar-refractivity contribution in [3.8, 4) is 28.2 Å². The fraction of sp³-hybridized carbons (Fsp3) is 0.231. The van der Waals surface area contributed by atoms with Crippen LogP contribution in [0.5, 0.6) is 5.75 Å². The Balaban J connectivity index is 1.74. The Hall–Kier alpha value is -3.69. The van der Waals surface area contributed by atoms with Crippen molar-refractivity contribution < 1.29 is 17.6 Å². The number of rotatable bonds is 6. The van der Waals surface area contributed by atoms with Crippen LogP contribution in [0.2, 0.25) is 0 Å². The molecule has 0 amide bonds. The first-order chi connectivity index (χ1) is 16.6. The molecule has 35 heavy (non-hydrogen) atoms. The summed E-state index contributed by atoms with van der Waals surface area (Å²) in [5.74, 6) is 0.501. The van der Waals surface area contributed by atoms with E-state index in [2.05, 4.69) is 11.9 Å². The molecule has 0 saturated heterocycles. The van der Waals surface area contributed by atoms with Crippen molar-refractivity contribution >= 4 is 20.8 Å². The third kappa shape index (κ3) is 4.40. The second kappa shape index (κ2) is 8.21. The molecule has 2 aromatic heterocycles. The first-order valence-corrected chi connectivity index (χ1v) is 12.8. The number of hydrogen-bond donors (Lipinski definition) is 2. The van der Waals surface area contributed by atoms with Crippen LogP contribution in [0.3, 0.4) is 0 Å². The monoisotopic (exact) mass is 492 g/mol. The number of fused-ring (bicyclic) bond motifs is 1. The highest BCUT2D eigenvalue weighted by molar-refractivity contribution is 7.88. The van der Waals surface area contributed by atoms with E-state index in [0.717, 1.165) is 18.4 Å². The van der Waals surface area contributed by atoms with Crippen molar-refractivity contribution in [2.24, 2.45) is 5.14 Å². The standard InChI is InChI=1S/C26H24N2O6S/c1-26(7-8-26)21-12-17(18-4-3-9-28-24(18)29)11-20(23(21)33-2)22-13-16-6-5-15(14-35(27,31)32)10-19(16)25(30)34-22/h3-6,9-13H,7-8,14H2,1-2H3,(H,28,29)(H2,27,31,32). The molecule has 0 bridgehead atoms. The summed E-state index contributed by atoms with van der Waals surface area (Å²) in [6, 6.07) is 13.7. The molecule has 0 unspecified atom stereocenters. The highest BCUT2D eigenvalue weighted by Crippen LogP contribution is 2.53. The zero-order valence-corrected chi connectivity index (χ0v) is 20.1. The van der Waals surface area contributed by atoms with Crippen molar-refractivity contribution in [2.75, 3.05) is 7.11 Å². The molecule has 0 atom stereocenters. The van der Waals surface area contributed by atoms with Gasteiger partial charge in [-0.1, -0.05) is 19.1 Å². The molecule has 1 fully saturated rings. The van der Waals surface area contributed by atoms with E-state index in [1.807, 2.05) is 6.07 Å². The van der Waals surface area contributed by atoms with Crippen LogP contribution in [-0.2, 0) is 21.2 Å². The van der Waals surface area contributed by atoms with Crippen LogP contribution in [0, 0.1) is 0 Å². The van der Waals surface area contributed by atoms with E-state index in [1.165, 1.54) is 6.07 Å². The van der Waals surface area contributed by atoms with Gasteiger partial charge >= 0.3 is 5.63 Å². The minimum atomic E-state index is -3.74. The molecule has 0 radical (unpaired) electrons. The molecule has 1 aliphatic carbocycles. The van der Waals surface area contributed by atoms with Crippen LogP contribution in [0.15, 0.2) is 68.7 Å². The van der Waals surface area contributed by atoms with E-state index >= 15 is 0 Å². The van der Waals surface area contributed by atoms with Crippen molar-refractivity contribution in [3.05, 3.63) is 86.6 Å². The lowest BCUT2D eigenvalue weighted by molar-refractivity contribution is 0.405. The molecule has 0 aliphatic heterocycles. The Morgan fingerprint density at radius 2 is 1.86 bits per heavy atom. The first kappa shape index (κ1) is 23.1. The molecule has 5 rings (SSSR count). The van der Waals surface area contributed by atoms with Crippen molar-refractivity contribution in [3.63, 3.8) is 0 Å². The predicted molar refractivity (Wildman–Crippen MR) is 134 cm³/mol. The predicted octanol–water partition coefficient (Wildman–Crippen LogP) is 3.66. The average Bonchev–Trinajstić information content (AvgIpc) is 3.56. The molecule has 0 spiro atoms. The molecular weight excluding hydrogens is 468 g/mol. The number of H-pyrrole nitrogens is 1. The van der Waals surface area contributed by atoms with Gasteiger partial charge in [0.15, 0.2) is 0 Å². The van der Waals surface area contributed by atoms with E-state index in [0.29, 0.717) is 39.1 Å². The van der Waals surface area contributed by atoms with Gasteiger partial charge in [-0.05, 0) is 71.2 Å². The Morgan fingerprint density at radius 1 is 1.09 bits per heavy atom. The van der Waals surface area contributed by atoms with Crippen LogP contribution in [-0.4, -0.2) is 20.5 Å². The Kier molecular flexibility index (Phi) is 5.41. The Labute approximate surface area is 201 Å². The van der Waals surface area contributed by atoms with E-state index in [-0.39, 0.29) is 22.1 Å². The van der Waals surface area contributed by atoms with E-state index < -0.39 is 15.6 Å². The third-order valence-corrected chi connectivity index (χ3v) is 7.27. The molecule has 2 aromatic carbocycles. The number of pyridine rings is 1. The quantitative estimate of drug-likeness (QED) is 0.422. The lowest BCUT2D eigenvalue weighted by atomic mass is 9.89. The molecule has 8 nitrogen and oxygen atoms in total. The number of ether oxygens (including phenoxy) is 1. The summed E-state index contributed by atoms with van der Waals surface area (Å²) in [6.07, 6.45) is 3.53. The number of nitrogens with one attached hydrogen (secondary N) is 1. The molecule has 4 aromatic rings. The van der Waals surface area contributed by atoms with Gasteiger partial charge < -0.3 is 14.1 Å². The molecule has 180 valence electrons. The van der Waals surface area contributed by atoms with E-state index in [4.69, 9.17) is 14.3 Å². The number of sulfonamides is 1. The summed E-state index contributed by atoms with van der Waals surface area (Å²) >= 11 is 0. The summed E-state index contributed by atoms with van der Waals surface area (Å²) in [4.78, 5) is 28.2. The van der Waals surface area contributed by atoms with Crippen LogP contribution in [0.25, 0.3) is 33.2 Å². The number of methoxy groups -OCH3 is 1. The topological polar surface area (TPSA) is 132 Å². The normalized spacial score (nSPS) is 14.7. The lowest BCUT2D eigenvalue weighted by Crippen LogP contribution is -2.14. The summed E-state index contributed by atoms with van der Waals surface area (Å²) < 4.78 is 34.4. The fourth-order valence-electron chi connectivity index (χ4n) is 4.43. The zero-order valence-electron chi connectivity index (χ0n) is 19.3. The van der Waals surface area contributed by atoms with Gasteiger partial charge in [0, 0.05) is 17.3 Å². The Bertz CT molecular complexity index is 1700. The van der Waals surface area contributed by atoms with Crippen LogP contribution >= 0.6 is 0 Å². The highest BCUT2D eigenvalue weighted by Gasteiger charge is 2.42. The number of aromatic nitrogens is 1. The van der Waals surface area contributed by atoms with Crippen molar-refractivity contribution in [2.45, 2.75) is 30.9 Å². The van der Waals surface area contributed by atoms with Gasteiger partial charge in [-0.2, -0.15) is 0 Å². The number of nitrogens with two attached hydrogens (primary N) is 1.